The first kappa shape index (κ1) is 26.5. The predicted octanol–water partition coefficient (Wildman–Crippen LogP) is 6.66. The van der Waals surface area contributed by atoms with Crippen molar-refractivity contribution in [2.45, 2.75) is 24.9 Å². The first-order valence-electron chi connectivity index (χ1n) is 13.8. The van der Waals surface area contributed by atoms with Crippen molar-refractivity contribution < 1.29 is 0 Å². The molecule has 0 amide bonds. The SMILES string of the molecule is [B](C(=Cc1ccccc1)c1ccccc1)c1nccn1C[SiH2]C=CCCC(c1ccccc1)c1ccccc1. The average Bonchev–Trinajstić information content (AvgIpc) is 3.45. The van der Waals surface area contributed by atoms with Crippen molar-refractivity contribution in [3.8, 4) is 0 Å². The first-order valence-corrected chi connectivity index (χ1v) is 15.6. The van der Waals surface area contributed by atoms with Gasteiger partial charge in [0.2, 0.25) is 7.28 Å². The number of hydrogen-bond donors (Lipinski definition) is 0. The van der Waals surface area contributed by atoms with E-state index in [0.717, 1.165) is 24.7 Å². The molecule has 0 unspecified atom stereocenters. The minimum absolute atomic E-state index is 0.400. The van der Waals surface area contributed by atoms with Crippen molar-refractivity contribution in [1.82, 2.24) is 9.55 Å². The topological polar surface area (TPSA) is 17.8 Å². The van der Waals surface area contributed by atoms with Gasteiger partial charge < -0.3 is 4.57 Å². The van der Waals surface area contributed by atoms with Gasteiger partial charge in [0.15, 0.2) is 0 Å². The maximum atomic E-state index is 4.69. The molecule has 0 saturated heterocycles. The normalized spacial score (nSPS) is 12.1. The summed E-state index contributed by atoms with van der Waals surface area (Å²) in [6.07, 6.45) is 11.9. The summed E-state index contributed by atoms with van der Waals surface area (Å²) in [4.78, 5) is 4.69. The lowest BCUT2D eigenvalue weighted by atomic mass is 9.65. The summed E-state index contributed by atoms with van der Waals surface area (Å²) in [6, 6.07) is 42.8. The van der Waals surface area contributed by atoms with Crippen molar-refractivity contribution >= 4 is 34.1 Å². The van der Waals surface area contributed by atoms with Gasteiger partial charge in [-0.3, -0.25) is 4.98 Å². The summed E-state index contributed by atoms with van der Waals surface area (Å²) in [7, 11) is 1.81. The smallest absolute Gasteiger partial charge is 0.241 e. The van der Waals surface area contributed by atoms with Crippen LogP contribution in [0.4, 0.5) is 0 Å². The van der Waals surface area contributed by atoms with Gasteiger partial charge in [0, 0.05) is 24.5 Å². The Morgan fingerprint density at radius 1 is 0.769 bits per heavy atom. The molecule has 191 valence electrons. The molecule has 1 aromatic heterocycles. The highest BCUT2D eigenvalue weighted by atomic mass is 28.2. The molecule has 0 saturated carbocycles. The molecule has 4 aromatic carbocycles. The van der Waals surface area contributed by atoms with Gasteiger partial charge in [-0.1, -0.05) is 139 Å². The van der Waals surface area contributed by atoms with Crippen LogP contribution in [0.2, 0.25) is 0 Å². The highest BCUT2D eigenvalue weighted by Gasteiger charge is 2.13. The van der Waals surface area contributed by atoms with Crippen LogP contribution >= 0.6 is 0 Å². The van der Waals surface area contributed by atoms with Gasteiger partial charge in [0.25, 0.3) is 0 Å². The Morgan fingerprint density at radius 3 is 2.00 bits per heavy atom. The van der Waals surface area contributed by atoms with Gasteiger partial charge in [-0.25, -0.2) is 0 Å². The Balaban J connectivity index is 1.20. The lowest BCUT2D eigenvalue weighted by Gasteiger charge is -2.17. The summed E-state index contributed by atoms with van der Waals surface area (Å²) in [5.74, 6) is 0.432. The standard InChI is InChI=1S/C35H34BN2Si/c1-5-15-29(16-6-1)27-34(32-21-11-4-12-22-32)36-35-37-24-25-38(35)28-39-26-14-13-23-33(30-17-7-2-8-18-30)31-19-9-3-10-20-31/h1-12,14-22,24-27,33H,13,23,28,39H2. The zero-order chi connectivity index (χ0) is 26.5. The molecule has 2 nitrogen and oxygen atoms in total. The molecule has 5 rings (SSSR count). The third-order valence-corrected chi connectivity index (χ3v) is 8.40. The number of aromatic nitrogens is 2. The van der Waals surface area contributed by atoms with Crippen LogP contribution in [0.15, 0.2) is 145 Å². The fourth-order valence-electron chi connectivity index (χ4n) is 4.97. The van der Waals surface area contributed by atoms with Gasteiger partial charge >= 0.3 is 0 Å². The van der Waals surface area contributed by atoms with Crippen molar-refractivity contribution in [1.29, 1.82) is 0 Å². The molecular weight excluding hydrogens is 487 g/mol. The molecule has 0 N–H and O–H groups in total. The van der Waals surface area contributed by atoms with Gasteiger partial charge in [-0.05, 0) is 35.1 Å². The van der Waals surface area contributed by atoms with Crippen LogP contribution in [0.3, 0.4) is 0 Å². The second-order valence-electron chi connectivity index (χ2n) is 9.71. The van der Waals surface area contributed by atoms with E-state index in [1.807, 2.05) is 6.20 Å². The molecule has 39 heavy (non-hydrogen) atoms. The number of hydrogen-bond acceptors (Lipinski definition) is 1. The molecular formula is C35H34BN2Si. The third-order valence-electron chi connectivity index (χ3n) is 6.99. The summed E-state index contributed by atoms with van der Waals surface area (Å²) in [5, 5.41) is 0. The summed E-state index contributed by atoms with van der Waals surface area (Å²) < 4.78 is 2.30. The zero-order valence-electron chi connectivity index (χ0n) is 22.3. The Labute approximate surface area is 235 Å². The molecule has 0 spiro atoms. The summed E-state index contributed by atoms with van der Waals surface area (Å²) in [6.45, 7) is 0. The number of imidazole rings is 1. The second kappa shape index (κ2) is 14.1. The quantitative estimate of drug-likeness (QED) is 0.133. The molecule has 0 atom stereocenters. The Hall–Kier alpha value is -4.15. The van der Waals surface area contributed by atoms with Gasteiger partial charge in [-0.15, -0.1) is 5.70 Å². The monoisotopic (exact) mass is 521 g/mol. The maximum Gasteiger partial charge on any atom is 0.241 e. The Bertz CT molecular complexity index is 1420. The minimum Gasteiger partial charge on any atom is -0.346 e. The molecule has 0 bridgehead atoms. The number of benzene rings is 4. The van der Waals surface area contributed by atoms with Crippen LogP contribution in [0.1, 0.15) is 41.0 Å². The summed E-state index contributed by atoms with van der Waals surface area (Å²) >= 11 is 0. The average molecular weight is 522 g/mol. The van der Waals surface area contributed by atoms with Crippen molar-refractivity contribution in [3.63, 3.8) is 0 Å². The van der Waals surface area contributed by atoms with E-state index in [2.05, 4.69) is 157 Å². The van der Waals surface area contributed by atoms with Crippen LogP contribution < -0.4 is 5.72 Å². The largest absolute Gasteiger partial charge is 0.346 e. The van der Waals surface area contributed by atoms with Crippen LogP contribution in [0.5, 0.6) is 0 Å². The minimum atomic E-state index is -0.400. The predicted molar refractivity (Wildman–Crippen MR) is 170 cm³/mol. The third kappa shape index (κ3) is 7.68. The fourth-order valence-corrected chi connectivity index (χ4v) is 6.24. The molecule has 5 aromatic rings. The van der Waals surface area contributed by atoms with Gasteiger partial charge in [0.1, 0.15) is 0 Å². The van der Waals surface area contributed by atoms with E-state index in [4.69, 9.17) is 4.98 Å². The van der Waals surface area contributed by atoms with E-state index in [0.29, 0.717) is 5.92 Å². The van der Waals surface area contributed by atoms with Crippen LogP contribution in [0.25, 0.3) is 11.5 Å². The highest BCUT2D eigenvalue weighted by Crippen LogP contribution is 2.29. The van der Waals surface area contributed by atoms with Crippen molar-refractivity contribution in [2.24, 2.45) is 0 Å². The molecule has 0 aliphatic rings. The van der Waals surface area contributed by atoms with E-state index < -0.39 is 9.52 Å². The Kier molecular flexibility index (Phi) is 9.58. The maximum absolute atomic E-state index is 4.69. The van der Waals surface area contributed by atoms with E-state index in [1.54, 1.807) is 0 Å². The second-order valence-corrected chi connectivity index (χ2v) is 11.2. The first-order chi connectivity index (χ1) is 19.4. The van der Waals surface area contributed by atoms with E-state index in [-0.39, 0.29) is 0 Å². The van der Waals surface area contributed by atoms with Crippen LogP contribution in [0, 0.1) is 0 Å². The van der Waals surface area contributed by atoms with Gasteiger partial charge in [-0.2, -0.15) is 0 Å². The summed E-state index contributed by atoms with van der Waals surface area (Å²) in [5.41, 5.74) is 9.80. The highest BCUT2D eigenvalue weighted by molar-refractivity contribution is 6.73. The molecule has 4 heteroatoms. The van der Waals surface area contributed by atoms with Crippen molar-refractivity contribution in [2.75, 3.05) is 0 Å². The van der Waals surface area contributed by atoms with E-state index >= 15 is 0 Å². The molecule has 1 radical (unpaired) electrons. The molecule has 1 heterocycles. The van der Waals surface area contributed by atoms with Crippen molar-refractivity contribution in [3.05, 3.63) is 168 Å². The Morgan fingerprint density at radius 2 is 1.36 bits per heavy atom. The number of allylic oxidation sites excluding steroid dienone is 1. The zero-order valence-corrected chi connectivity index (χ0v) is 23.7. The fraction of sp³-hybridized carbons (Fsp3) is 0.114. The number of rotatable bonds is 12. The van der Waals surface area contributed by atoms with E-state index in [9.17, 15) is 0 Å². The molecule has 0 aliphatic carbocycles. The lowest BCUT2D eigenvalue weighted by Crippen LogP contribution is -2.28. The molecule has 0 aliphatic heterocycles. The lowest BCUT2D eigenvalue weighted by molar-refractivity contribution is 0.728. The van der Waals surface area contributed by atoms with Gasteiger partial charge in [0.05, 0.1) is 15.2 Å². The van der Waals surface area contributed by atoms with E-state index in [1.165, 1.54) is 27.7 Å². The number of nitrogens with zero attached hydrogens (tertiary/aromatic N) is 2. The molecule has 0 fully saturated rings. The van der Waals surface area contributed by atoms with Crippen LogP contribution in [-0.2, 0) is 6.17 Å². The van der Waals surface area contributed by atoms with Crippen LogP contribution in [-0.4, -0.2) is 26.4 Å².